The summed E-state index contributed by atoms with van der Waals surface area (Å²) in [4.78, 5) is 11.1. The summed E-state index contributed by atoms with van der Waals surface area (Å²) in [5.74, 6) is -0.108. The average Bonchev–Trinajstić information content (AvgIpc) is 2.11. The molecule has 0 saturated carbocycles. The Labute approximate surface area is 87.3 Å². The minimum Gasteiger partial charge on any atom is -0.506 e. The van der Waals surface area contributed by atoms with Crippen molar-refractivity contribution in [2.45, 2.75) is 13.0 Å². The summed E-state index contributed by atoms with van der Waals surface area (Å²) in [7, 11) is 1.45. The van der Waals surface area contributed by atoms with Crippen molar-refractivity contribution < 1.29 is 14.6 Å². The standard InChI is InChI=1S/C10H11ClO3/c1-6(12)10(14-2)7-3-4-9(13)8(11)5-7/h3-5,10,13H,1-2H3. The van der Waals surface area contributed by atoms with Gasteiger partial charge in [0.05, 0.1) is 5.02 Å². The lowest BCUT2D eigenvalue weighted by molar-refractivity contribution is -0.126. The first-order valence-electron chi connectivity index (χ1n) is 4.08. The van der Waals surface area contributed by atoms with Gasteiger partial charge in [-0.25, -0.2) is 0 Å². The molecule has 1 unspecified atom stereocenters. The van der Waals surface area contributed by atoms with E-state index in [4.69, 9.17) is 16.3 Å². The first-order chi connectivity index (χ1) is 6.56. The van der Waals surface area contributed by atoms with Crippen LogP contribution in [0.1, 0.15) is 18.6 Å². The van der Waals surface area contributed by atoms with Crippen molar-refractivity contribution in [3.8, 4) is 5.75 Å². The van der Waals surface area contributed by atoms with Crippen molar-refractivity contribution in [2.75, 3.05) is 7.11 Å². The van der Waals surface area contributed by atoms with Crippen molar-refractivity contribution in [3.63, 3.8) is 0 Å². The predicted molar refractivity (Wildman–Crippen MR) is 53.5 cm³/mol. The highest BCUT2D eigenvalue weighted by molar-refractivity contribution is 6.32. The van der Waals surface area contributed by atoms with Gasteiger partial charge in [0.15, 0.2) is 5.78 Å². The van der Waals surface area contributed by atoms with Crippen LogP contribution >= 0.6 is 11.6 Å². The van der Waals surface area contributed by atoms with Gasteiger partial charge in [-0.15, -0.1) is 0 Å². The zero-order valence-electron chi connectivity index (χ0n) is 7.95. The molecule has 0 aromatic heterocycles. The number of aromatic hydroxyl groups is 1. The number of halogens is 1. The summed E-state index contributed by atoms with van der Waals surface area (Å²) >= 11 is 5.70. The molecule has 0 aliphatic heterocycles. The van der Waals surface area contributed by atoms with Crippen molar-refractivity contribution in [2.24, 2.45) is 0 Å². The highest BCUT2D eigenvalue weighted by atomic mass is 35.5. The Morgan fingerprint density at radius 3 is 2.64 bits per heavy atom. The predicted octanol–water partition coefficient (Wildman–Crippen LogP) is 2.32. The highest BCUT2D eigenvalue weighted by Gasteiger charge is 2.16. The summed E-state index contributed by atoms with van der Waals surface area (Å²) in [6.45, 7) is 1.44. The van der Waals surface area contributed by atoms with Crippen LogP contribution in [0.4, 0.5) is 0 Å². The molecule has 0 aliphatic rings. The second-order valence-corrected chi connectivity index (χ2v) is 3.34. The highest BCUT2D eigenvalue weighted by Crippen LogP contribution is 2.28. The van der Waals surface area contributed by atoms with E-state index in [1.807, 2.05) is 0 Å². The fourth-order valence-electron chi connectivity index (χ4n) is 1.22. The van der Waals surface area contributed by atoms with Crippen LogP contribution in [0.3, 0.4) is 0 Å². The van der Waals surface area contributed by atoms with E-state index in [1.165, 1.54) is 26.2 Å². The topological polar surface area (TPSA) is 46.5 Å². The number of hydrogen-bond donors (Lipinski definition) is 1. The Balaban J connectivity index is 3.06. The smallest absolute Gasteiger partial charge is 0.163 e. The van der Waals surface area contributed by atoms with E-state index >= 15 is 0 Å². The van der Waals surface area contributed by atoms with Crippen molar-refractivity contribution in [1.82, 2.24) is 0 Å². The summed E-state index contributed by atoms with van der Waals surface area (Å²) in [6.07, 6.45) is -0.618. The molecule has 76 valence electrons. The molecule has 0 radical (unpaired) electrons. The van der Waals surface area contributed by atoms with Gasteiger partial charge in [0.25, 0.3) is 0 Å². The molecule has 0 amide bonds. The number of phenols is 1. The molecule has 4 heteroatoms. The van der Waals surface area contributed by atoms with Gasteiger partial charge in [0.2, 0.25) is 0 Å². The molecule has 0 heterocycles. The minimum absolute atomic E-state index is 0.00572. The lowest BCUT2D eigenvalue weighted by Crippen LogP contribution is -2.10. The Hall–Kier alpha value is -1.06. The van der Waals surface area contributed by atoms with E-state index in [0.29, 0.717) is 5.56 Å². The summed E-state index contributed by atoms with van der Waals surface area (Å²) in [5, 5.41) is 9.39. The number of rotatable bonds is 3. The second-order valence-electron chi connectivity index (χ2n) is 2.94. The quantitative estimate of drug-likeness (QED) is 0.840. The Bertz CT molecular complexity index is 349. The molecule has 0 bridgehead atoms. The van der Waals surface area contributed by atoms with E-state index in [1.54, 1.807) is 6.07 Å². The van der Waals surface area contributed by atoms with Crippen LogP contribution in [-0.2, 0) is 9.53 Å². The lowest BCUT2D eigenvalue weighted by Gasteiger charge is -2.12. The third kappa shape index (κ3) is 2.25. The fraction of sp³-hybridized carbons (Fsp3) is 0.300. The Morgan fingerprint density at radius 1 is 1.57 bits per heavy atom. The molecule has 1 rings (SSSR count). The Morgan fingerprint density at radius 2 is 2.21 bits per heavy atom. The maximum Gasteiger partial charge on any atom is 0.163 e. The molecule has 1 N–H and O–H groups in total. The molecular formula is C10H11ClO3. The van der Waals surface area contributed by atoms with Gasteiger partial charge >= 0.3 is 0 Å². The maximum atomic E-state index is 11.1. The molecule has 1 aromatic rings. The number of Topliss-reactive ketones (excluding diaryl/α,β-unsaturated/α-hetero) is 1. The van der Waals surface area contributed by atoms with Gasteiger partial charge in [0, 0.05) is 7.11 Å². The zero-order valence-corrected chi connectivity index (χ0v) is 8.71. The van der Waals surface area contributed by atoms with Crippen LogP contribution in [0.2, 0.25) is 5.02 Å². The number of phenolic OH excluding ortho intramolecular Hbond substituents is 1. The van der Waals surface area contributed by atoms with E-state index in [2.05, 4.69) is 0 Å². The normalized spacial score (nSPS) is 12.5. The van der Waals surface area contributed by atoms with Crippen LogP contribution in [0.25, 0.3) is 0 Å². The van der Waals surface area contributed by atoms with Gasteiger partial charge in [-0.05, 0) is 24.6 Å². The van der Waals surface area contributed by atoms with Crippen LogP contribution in [0.5, 0.6) is 5.75 Å². The maximum absolute atomic E-state index is 11.1. The number of carbonyl (C=O) groups is 1. The third-order valence-electron chi connectivity index (χ3n) is 1.88. The van der Waals surface area contributed by atoms with Crippen molar-refractivity contribution >= 4 is 17.4 Å². The number of hydrogen-bond acceptors (Lipinski definition) is 3. The lowest BCUT2D eigenvalue weighted by atomic mass is 10.1. The van der Waals surface area contributed by atoms with Crippen molar-refractivity contribution in [1.29, 1.82) is 0 Å². The number of ketones is 1. The number of benzene rings is 1. The molecule has 1 aromatic carbocycles. The second kappa shape index (κ2) is 4.44. The molecule has 0 fully saturated rings. The molecule has 1 atom stereocenters. The first kappa shape index (κ1) is 11.0. The van der Waals surface area contributed by atoms with Crippen LogP contribution in [-0.4, -0.2) is 18.0 Å². The zero-order chi connectivity index (χ0) is 10.7. The van der Waals surface area contributed by atoms with Crippen LogP contribution < -0.4 is 0 Å². The number of carbonyl (C=O) groups excluding carboxylic acids is 1. The first-order valence-corrected chi connectivity index (χ1v) is 4.45. The van der Waals surface area contributed by atoms with E-state index in [0.717, 1.165) is 0 Å². The Kier molecular flexibility index (Phi) is 3.49. The van der Waals surface area contributed by atoms with E-state index < -0.39 is 6.10 Å². The average molecular weight is 215 g/mol. The fourth-order valence-corrected chi connectivity index (χ4v) is 1.41. The van der Waals surface area contributed by atoms with Gasteiger partial charge in [-0.3, -0.25) is 4.79 Å². The van der Waals surface area contributed by atoms with Crippen molar-refractivity contribution in [3.05, 3.63) is 28.8 Å². The summed E-state index contributed by atoms with van der Waals surface area (Å²) in [6, 6.07) is 4.57. The number of methoxy groups -OCH3 is 1. The minimum atomic E-state index is -0.618. The monoisotopic (exact) mass is 214 g/mol. The summed E-state index contributed by atoms with van der Waals surface area (Å²) < 4.78 is 5.00. The molecule has 14 heavy (non-hydrogen) atoms. The van der Waals surface area contributed by atoms with Gasteiger partial charge < -0.3 is 9.84 Å². The summed E-state index contributed by atoms with van der Waals surface area (Å²) in [5.41, 5.74) is 0.641. The van der Waals surface area contributed by atoms with Crippen LogP contribution in [0, 0.1) is 0 Å². The largest absolute Gasteiger partial charge is 0.506 e. The molecule has 0 aliphatic carbocycles. The van der Waals surface area contributed by atoms with Gasteiger partial charge in [-0.2, -0.15) is 0 Å². The number of ether oxygens (including phenoxy) is 1. The SMILES string of the molecule is COC(C(C)=O)c1ccc(O)c(Cl)c1. The molecular weight excluding hydrogens is 204 g/mol. The molecule has 3 nitrogen and oxygen atoms in total. The third-order valence-corrected chi connectivity index (χ3v) is 2.18. The van der Waals surface area contributed by atoms with E-state index in [-0.39, 0.29) is 16.6 Å². The van der Waals surface area contributed by atoms with Crippen LogP contribution in [0.15, 0.2) is 18.2 Å². The molecule has 0 spiro atoms. The molecule has 0 saturated heterocycles. The van der Waals surface area contributed by atoms with Gasteiger partial charge in [0.1, 0.15) is 11.9 Å². The van der Waals surface area contributed by atoms with E-state index in [9.17, 15) is 9.90 Å². The van der Waals surface area contributed by atoms with Gasteiger partial charge in [-0.1, -0.05) is 17.7 Å².